The van der Waals surface area contributed by atoms with Crippen molar-refractivity contribution >= 4 is 21.7 Å². The van der Waals surface area contributed by atoms with Crippen LogP contribution in [0.2, 0.25) is 0 Å². The number of halogens is 3. The standard InChI is InChI=1S/C23H17F3O4/c1-13-20(29-12-14-4-3-5-15(10-14)23(24,25)26)9-8-18-17-7-6-16(28-2)11-19(17)22(27)30-21(13)18/h3-11H,12H2,1-2H3. The Morgan fingerprint density at radius 1 is 0.967 bits per heavy atom. The molecule has 7 heteroatoms. The Kier molecular flexibility index (Phi) is 4.89. The maximum Gasteiger partial charge on any atom is 0.416 e. The normalized spacial score (nSPS) is 11.8. The Morgan fingerprint density at radius 2 is 1.73 bits per heavy atom. The van der Waals surface area contributed by atoms with E-state index in [1.807, 2.05) is 0 Å². The third-order valence-electron chi connectivity index (χ3n) is 4.94. The smallest absolute Gasteiger partial charge is 0.416 e. The summed E-state index contributed by atoms with van der Waals surface area (Å²) in [6.07, 6.45) is -4.41. The van der Waals surface area contributed by atoms with E-state index < -0.39 is 17.4 Å². The highest BCUT2D eigenvalue weighted by Crippen LogP contribution is 2.33. The van der Waals surface area contributed by atoms with Crippen molar-refractivity contribution in [3.05, 3.63) is 81.7 Å². The van der Waals surface area contributed by atoms with Gasteiger partial charge >= 0.3 is 11.8 Å². The molecular formula is C23H17F3O4. The monoisotopic (exact) mass is 414 g/mol. The van der Waals surface area contributed by atoms with Gasteiger partial charge in [-0.2, -0.15) is 13.2 Å². The second kappa shape index (κ2) is 7.40. The molecule has 0 unspecified atom stereocenters. The number of ether oxygens (including phenoxy) is 2. The Balaban J connectivity index is 1.70. The van der Waals surface area contributed by atoms with E-state index in [0.29, 0.717) is 33.6 Å². The molecule has 154 valence electrons. The molecule has 0 N–H and O–H groups in total. The van der Waals surface area contributed by atoms with E-state index in [9.17, 15) is 18.0 Å². The average molecular weight is 414 g/mol. The Bertz CT molecular complexity index is 1310. The van der Waals surface area contributed by atoms with E-state index in [1.165, 1.54) is 13.2 Å². The van der Waals surface area contributed by atoms with Gasteiger partial charge in [-0.1, -0.05) is 12.1 Å². The molecular weight excluding hydrogens is 397 g/mol. The lowest BCUT2D eigenvalue weighted by Crippen LogP contribution is -2.06. The number of rotatable bonds is 4. The number of methoxy groups -OCH3 is 1. The molecule has 0 saturated heterocycles. The highest BCUT2D eigenvalue weighted by atomic mass is 19.4. The predicted molar refractivity (Wildman–Crippen MR) is 107 cm³/mol. The van der Waals surface area contributed by atoms with E-state index in [2.05, 4.69) is 0 Å². The maximum atomic E-state index is 12.9. The van der Waals surface area contributed by atoms with E-state index in [-0.39, 0.29) is 6.61 Å². The minimum Gasteiger partial charge on any atom is -0.497 e. The largest absolute Gasteiger partial charge is 0.497 e. The molecule has 4 rings (SSSR count). The summed E-state index contributed by atoms with van der Waals surface area (Å²) in [6.45, 7) is 1.69. The molecule has 0 radical (unpaired) electrons. The number of benzene rings is 3. The fourth-order valence-electron chi connectivity index (χ4n) is 3.37. The van der Waals surface area contributed by atoms with Gasteiger partial charge in [0.05, 0.1) is 18.1 Å². The van der Waals surface area contributed by atoms with Crippen molar-refractivity contribution in [1.82, 2.24) is 0 Å². The number of hydrogen-bond donors (Lipinski definition) is 0. The summed E-state index contributed by atoms with van der Waals surface area (Å²) < 4.78 is 55.1. The zero-order chi connectivity index (χ0) is 21.5. The minimum absolute atomic E-state index is 0.0503. The molecule has 1 aromatic heterocycles. The first-order valence-corrected chi connectivity index (χ1v) is 9.11. The van der Waals surface area contributed by atoms with Crippen LogP contribution in [0.3, 0.4) is 0 Å². The van der Waals surface area contributed by atoms with Gasteiger partial charge in [0, 0.05) is 16.3 Å². The lowest BCUT2D eigenvalue weighted by molar-refractivity contribution is -0.137. The lowest BCUT2D eigenvalue weighted by Gasteiger charge is -2.13. The van der Waals surface area contributed by atoms with Gasteiger partial charge in [0.1, 0.15) is 23.7 Å². The molecule has 0 aliphatic carbocycles. The van der Waals surface area contributed by atoms with E-state index in [4.69, 9.17) is 13.9 Å². The van der Waals surface area contributed by atoms with Crippen molar-refractivity contribution in [3.8, 4) is 11.5 Å². The van der Waals surface area contributed by atoms with Gasteiger partial charge < -0.3 is 13.9 Å². The third kappa shape index (κ3) is 3.58. The van der Waals surface area contributed by atoms with Crippen molar-refractivity contribution in [1.29, 1.82) is 0 Å². The van der Waals surface area contributed by atoms with Crippen molar-refractivity contribution in [3.63, 3.8) is 0 Å². The molecule has 4 nitrogen and oxygen atoms in total. The number of fused-ring (bicyclic) bond motifs is 3. The van der Waals surface area contributed by atoms with Crippen LogP contribution in [0.1, 0.15) is 16.7 Å². The van der Waals surface area contributed by atoms with Crippen molar-refractivity contribution in [2.75, 3.05) is 7.11 Å². The molecule has 30 heavy (non-hydrogen) atoms. The summed E-state index contributed by atoms with van der Waals surface area (Å²) in [7, 11) is 1.52. The Hall–Kier alpha value is -3.48. The van der Waals surface area contributed by atoms with Crippen LogP contribution >= 0.6 is 0 Å². The van der Waals surface area contributed by atoms with Crippen LogP contribution in [-0.4, -0.2) is 7.11 Å². The Labute approximate surface area is 169 Å². The van der Waals surface area contributed by atoms with Crippen LogP contribution in [0.4, 0.5) is 13.2 Å². The van der Waals surface area contributed by atoms with Gasteiger partial charge in [-0.3, -0.25) is 0 Å². The van der Waals surface area contributed by atoms with Crippen LogP contribution in [0, 0.1) is 6.92 Å². The zero-order valence-electron chi connectivity index (χ0n) is 16.2. The first-order chi connectivity index (χ1) is 14.3. The lowest BCUT2D eigenvalue weighted by atomic mass is 10.0. The summed E-state index contributed by atoms with van der Waals surface area (Å²) in [5.74, 6) is 0.975. The number of aryl methyl sites for hydroxylation is 1. The van der Waals surface area contributed by atoms with Crippen molar-refractivity contribution < 1.29 is 27.1 Å². The van der Waals surface area contributed by atoms with E-state index in [0.717, 1.165) is 22.9 Å². The van der Waals surface area contributed by atoms with Gasteiger partial charge in [0.25, 0.3) is 0 Å². The summed E-state index contributed by atoms with van der Waals surface area (Å²) in [6, 6.07) is 13.6. The number of hydrogen-bond acceptors (Lipinski definition) is 4. The van der Waals surface area contributed by atoms with Crippen LogP contribution in [0.15, 0.2) is 63.8 Å². The minimum atomic E-state index is -4.41. The number of alkyl halides is 3. The third-order valence-corrected chi connectivity index (χ3v) is 4.94. The van der Waals surface area contributed by atoms with Gasteiger partial charge in [0.15, 0.2) is 0 Å². The summed E-state index contributed by atoms with van der Waals surface area (Å²) >= 11 is 0. The highest BCUT2D eigenvalue weighted by Gasteiger charge is 2.30. The first kappa shape index (κ1) is 19.8. The predicted octanol–water partition coefficient (Wildman–Crippen LogP) is 5.86. The molecule has 0 amide bonds. The second-order valence-corrected chi connectivity index (χ2v) is 6.85. The fourth-order valence-corrected chi connectivity index (χ4v) is 3.37. The summed E-state index contributed by atoms with van der Waals surface area (Å²) in [5, 5.41) is 1.85. The van der Waals surface area contributed by atoms with Gasteiger partial charge in [-0.05, 0) is 55.0 Å². The molecule has 0 bridgehead atoms. The molecule has 3 aromatic carbocycles. The molecule has 4 aromatic rings. The molecule has 0 spiro atoms. The Morgan fingerprint density at radius 3 is 2.47 bits per heavy atom. The summed E-state index contributed by atoms with van der Waals surface area (Å²) in [5.41, 5.74) is 0.117. The molecule has 0 aliphatic rings. The first-order valence-electron chi connectivity index (χ1n) is 9.11. The maximum absolute atomic E-state index is 12.9. The van der Waals surface area contributed by atoms with Crippen molar-refractivity contribution in [2.24, 2.45) is 0 Å². The SMILES string of the molecule is COc1ccc2c(c1)c(=O)oc1c(C)c(OCc3cccc(C(F)(F)F)c3)ccc12. The quantitative estimate of drug-likeness (QED) is 0.310. The molecule has 0 atom stereocenters. The van der Waals surface area contributed by atoms with E-state index >= 15 is 0 Å². The van der Waals surface area contributed by atoms with Crippen molar-refractivity contribution in [2.45, 2.75) is 19.7 Å². The summed E-state index contributed by atoms with van der Waals surface area (Å²) in [4.78, 5) is 12.5. The van der Waals surface area contributed by atoms with Gasteiger partial charge in [-0.25, -0.2) is 4.79 Å². The van der Waals surface area contributed by atoms with Crippen LogP contribution < -0.4 is 15.1 Å². The molecule has 1 heterocycles. The van der Waals surface area contributed by atoms with Crippen LogP contribution in [0.5, 0.6) is 11.5 Å². The highest BCUT2D eigenvalue weighted by molar-refractivity contribution is 6.05. The van der Waals surface area contributed by atoms with Gasteiger partial charge in [0.2, 0.25) is 0 Å². The van der Waals surface area contributed by atoms with Crippen LogP contribution in [0.25, 0.3) is 21.7 Å². The molecule has 0 aliphatic heterocycles. The average Bonchev–Trinajstić information content (AvgIpc) is 2.73. The van der Waals surface area contributed by atoms with E-state index in [1.54, 1.807) is 43.3 Å². The molecule has 0 fully saturated rings. The van der Waals surface area contributed by atoms with Gasteiger partial charge in [-0.15, -0.1) is 0 Å². The zero-order valence-corrected chi connectivity index (χ0v) is 16.2. The molecule has 0 saturated carbocycles. The van der Waals surface area contributed by atoms with Crippen LogP contribution in [-0.2, 0) is 12.8 Å². The fraction of sp³-hybridized carbons (Fsp3) is 0.174. The second-order valence-electron chi connectivity index (χ2n) is 6.85. The topological polar surface area (TPSA) is 48.7 Å².